The number of carbonyl (C=O) groups is 2. The average molecular weight is 340 g/mol. The molecule has 2 heterocycles. The van der Waals surface area contributed by atoms with E-state index in [1.54, 1.807) is 11.0 Å². The van der Waals surface area contributed by atoms with Crippen LogP contribution in [0.25, 0.3) is 0 Å². The molecule has 2 aliphatic rings. The average Bonchev–Trinajstić information content (AvgIpc) is 3.39. The maximum atomic E-state index is 12.9. The molecule has 1 atom stereocenters. The Morgan fingerprint density at radius 3 is 2.76 bits per heavy atom. The van der Waals surface area contributed by atoms with E-state index in [1.165, 1.54) is 20.0 Å². The van der Waals surface area contributed by atoms with Gasteiger partial charge in [-0.15, -0.1) is 0 Å². The smallest absolute Gasteiger partial charge is 0.315 e. The van der Waals surface area contributed by atoms with Gasteiger partial charge in [-0.1, -0.05) is 36.2 Å². The summed E-state index contributed by atoms with van der Waals surface area (Å²) in [5.74, 6) is -0.467. The fraction of sp³-hybridized carbons (Fsp3) is 0.421. The van der Waals surface area contributed by atoms with Gasteiger partial charge in [0.05, 0.1) is 12.8 Å². The van der Waals surface area contributed by atoms with E-state index in [0.29, 0.717) is 5.92 Å². The minimum Gasteiger partial charge on any atom is -0.468 e. The summed E-state index contributed by atoms with van der Waals surface area (Å²) in [5, 5.41) is 4.10. The van der Waals surface area contributed by atoms with E-state index in [2.05, 4.69) is 5.16 Å². The van der Waals surface area contributed by atoms with Crippen LogP contribution in [-0.2, 0) is 9.53 Å². The molecular weight excluding hydrogens is 320 g/mol. The number of nitrogens with zero attached hydrogens (tertiary/aromatic N) is 2. The Labute approximate surface area is 145 Å². The Balaban J connectivity index is 1.61. The zero-order valence-electron chi connectivity index (χ0n) is 14.1. The molecule has 4 rings (SSSR count). The number of esters is 1. The summed E-state index contributed by atoms with van der Waals surface area (Å²) in [4.78, 5) is 26.6. The highest BCUT2D eigenvalue weighted by Gasteiger charge is 2.38. The van der Waals surface area contributed by atoms with Crippen molar-refractivity contribution in [2.45, 2.75) is 37.5 Å². The van der Waals surface area contributed by atoms with Gasteiger partial charge in [0, 0.05) is 24.2 Å². The number of carbonyl (C=O) groups excluding carboxylic acids is 2. The SMILES string of the molecule is COC(=O)[C@H]1CN(C(=O)c2cc(C3CCCC3)no2)c2ccccc21. The highest BCUT2D eigenvalue weighted by molar-refractivity contribution is 6.07. The van der Waals surface area contributed by atoms with Gasteiger partial charge in [0.2, 0.25) is 5.76 Å². The third kappa shape index (κ3) is 2.71. The van der Waals surface area contributed by atoms with Crippen LogP contribution in [0.2, 0.25) is 0 Å². The summed E-state index contributed by atoms with van der Waals surface area (Å²) >= 11 is 0. The number of rotatable bonds is 3. The minimum atomic E-state index is -0.470. The first-order chi connectivity index (χ1) is 12.2. The van der Waals surface area contributed by atoms with Gasteiger partial charge in [0.15, 0.2) is 0 Å². The first kappa shape index (κ1) is 15.9. The number of anilines is 1. The molecule has 0 spiro atoms. The summed E-state index contributed by atoms with van der Waals surface area (Å²) in [6, 6.07) is 9.16. The molecule has 1 saturated carbocycles. The third-order valence-electron chi connectivity index (χ3n) is 5.21. The Hall–Kier alpha value is -2.63. The molecular formula is C19H20N2O4. The van der Waals surface area contributed by atoms with Crippen molar-refractivity contribution in [1.29, 1.82) is 0 Å². The Bertz CT molecular complexity index is 807. The number of amides is 1. The molecule has 25 heavy (non-hydrogen) atoms. The molecule has 0 saturated heterocycles. The maximum absolute atomic E-state index is 12.9. The molecule has 1 fully saturated rings. The van der Waals surface area contributed by atoms with E-state index >= 15 is 0 Å². The molecule has 130 valence electrons. The zero-order valence-corrected chi connectivity index (χ0v) is 14.1. The Kier molecular flexibility index (Phi) is 4.03. The number of benzene rings is 1. The van der Waals surface area contributed by atoms with Gasteiger partial charge in [0.1, 0.15) is 5.92 Å². The third-order valence-corrected chi connectivity index (χ3v) is 5.21. The molecule has 1 aliphatic heterocycles. The topological polar surface area (TPSA) is 72.6 Å². The predicted octanol–water partition coefficient (Wildman–Crippen LogP) is 3.25. The van der Waals surface area contributed by atoms with Crippen LogP contribution in [0.4, 0.5) is 5.69 Å². The van der Waals surface area contributed by atoms with Gasteiger partial charge < -0.3 is 14.2 Å². The number of fused-ring (bicyclic) bond motifs is 1. The highest BCUT2D eigenvalue weighted by atomic mass is 16.5. The minimum absolute atomic E-state index is 0.224. The predicted molar refractivity (Wildman–Crippen MR) is 90.6 cm³/mol. The van der Waals surface area contributed by atoms with Crippen LogP contribution in [0, 0.1) is 0 Å². The Morgan fingerprint density at radius 2 is 2.00 bits per heavy atom. The van der Waals surface area contributed by atoms with E-state index in [0.717, 1.165) is 29.8 Å². The fourth-order valence-corrected chi connectivity index (χ4v) is 3.88. The van der Waals surface area contributed by atoms with Crippen LogP contribution in [0.15, 0.2) is 34.9 Å². The lowest BCUT2D eigenvalue weighted by atomic mass is 10.0. The van der Waals surface area contributed by atoms with Crippen molar-refractivity contribution in [1.82, 2.24) is 5.16 Å². The lowest BCUT2D eigenvalue weighted by molar-refractivity contribution is -0.141. The normalized spacial score (nSPS) is 19.9. The molecule has 1 amide bonds. The van der Waals surface area contributed by atoms with Crippen molar-refractivity contribution in [3.05, 3.63) is 47.3 Å². The van der Waals surface area contributed by atoms with Crippen LogP contribution in [0.3, 0.4) is 0 Å². The zero-order chi connectivity index (χ0) is 17.4. The van der Waals surface area contributed by atoms with Crippen LogP contribution in [0.5, 0.6) is 0 Å². The van der Waals surface area contributed by atoms with Crippen molar-refractivity contribution >= 4 is 17.6 Å². The van der Waals surface area contributed by atoms with E-state index in [-0.39, 0.29) is 24.2 Å². The molecule has 6 heteroatoms. The molecule has 0 radical (unpaired) electrons. The largest absolute Gasteiger partial charge is 0.468 e. The van der Waals surface area contributed by atoms with E-state index in [9.17, 15) is 9.59 Å². The quantitative estimate of drug-likeness (QED) is 0.802. The number of ether oxygens (including phenoxy) is 1. The number of hydrogen-bond acceptors (Lipinski definition) is 5. The molecule has 0 N–H and O–H groups in total. The second-order valence-corrected chi connectivity index (χ2v) is 6.65. The number of para-hydroxylation sites is 1. The summed E-state index contributed by atoms with van der Waals surface area (Å²) in [7, 11) is 1.36. The molecule has 0 bridgehead atoms. The standard InChI is InChI=1S/C19H20N2O4/c1-24-19(23)14-11-21(16-9-5-4-8-13(14)16)18(22)17-10-15(20-25-17)12-6-2-3-7-12/h4-5,8-10,12,14H,2-3,6-7,11H2,1H3/t14-/m0/s1. The summed E-state index contributed by atoms with van der Waals surface area (Å²) in [6.45, 7) is 0.254. The van der Waals surface area contributed by atoms with Crippen molar-refractivity contribution < 1.29 is 18.8 Å². The van der Waals surface area contributed by atoms with Crippen LogP contribution >= 0.6 is 0 Å². The second-order valence-electron chi connectivity index (χ2n) is 6.65. The number of methoxy groups -OCH3 is 1. The number of hydrogen-bond donors (Lipinski definition) is 0. The van der Waals surface area contributed by atoms with Gasteiger partial charge in [-0.2, -0.15) is 0 Å². The molecule has 1 aromatic carbocycles. The second kappa shape index (κ2) is 6.35. The number of aromatic nitrogens is 1. The van der Waals surface area contributed by atoms with Gasteiger partial charge in [0.25, 0.3) is 5.91 Å². The van der Waals surface area contributed by atoms with Gasteiger partial charge in [-0.3, -0.25) is 9.59 Å². The van der Waals surface area contributed by atoms with E-state index in [1.807, 2.05) is 24.3 Å². The molecule has 1 aromatic heterocycles. The first-order valence-electron chi connectivity index (χ1n) is 8.64. The Morgan fingerprint density at radius 1 is 1.24 bits per heavy atom. The summed E-state index contributed by atoms with van der Waals surface area (Å²) in [5.41, 5.74) is 2.39. The van der Waals surface area contributed by atoms with Gasteiger partial charge >= 0.3 is 5.97 Å². The molecule has 6 nitrogen and oxygen atoms in total. The van der Waals surface area contributed by atoms with Crippen LogP contribution in [0.1, 0.15) is 59.3 Å². The summed E-state index contributed by atoms with van der Waals surface area (Å²) in [6.07, 6.45) is 4.58. The van der Waals surface area contributed by atoms with Crippen molar-refractivity contribution in [3.63, 3.8) is 0 Å². The van der Waals surface area contributed by atoms with Crippen molar-refractivity contribution in [2.75, 3.05) is 18.6 Å². The van der Waals surface area contributed by atoms with Crippen molar-refractivity contribution in [2.24, 2.45) is 0 Å². The first-order valence-corrected chi connectivity index (χ1v) is 8.64. The molecule has 0 unspecified atom stereocenters. The van der Waals surface area contributed by atoms with Gasteiger partial charge in [-0.05, 0) is 24.5 Å². The molecule has 1 aliphatic carbocycles. The van der Waals surface area contributed by atoms with E-state index in [4.69, 9.17) is 9.26 Å². The molecule has 2 aromatic rings. The van der Waals surface area contributed by atoms with Crippen molar-refractivity contribution in [3.8, 4) is 0 Å². The maximum Gasteiger partial charge on any atom is 0.315 e. The van der Waals surface area contributed by atoms with Crippen LogP contribution < -0.4 is 4.90 Å². The lowest BCUT2D eigenvalue weighted by Crippen LogP contribution is -2.31. The highest BCUT2D eigenvalue weighted by Crippen LogP contribution is 2.38. The van der Waals surface area contributed by atoms with Gasteiger partial charge in [-0.25, -0.2) is 0 Å². The fourth-order valence-electron chi connectivity index (χ4n) is 3.88. The monoisotopic (exact) mass is 340 g/mol. The van der Waals surface area contributed by atoms with E-state index < -0.39 is 5.92 Å². The lowest BCUT2D eigenvalue weighted by Gasteiger charge is -2.15. The summed E-state index contributed by atoms with van der Waals surface area (Å²) < 4.78 is 10.2. The van der Waals surface area contributed by atoms with Crippen LogP contribution in [-0.4, -0.2) is 30.7 Å².